The molecule has 6 rings (SSSR count). The topological polar surface area (TPSA) is 82.9 Å². The van der Waals surface area contributed by atoms with Crippen LogP contribution >= 0.6 is 0 Å². The fraction of sp³-hybridized carbons (Fsp3) is 0.280. The molecule has 0 spiro atoms. The van der Waals surface area contributed by atoms with Gasteiger partial charge < -0.3 is 16.0 Å². The molecule has 4 N–H and O–H groups in total. The van der Waals surface area contributed by atoms with E-state index in [9.17, 15) is 0 Å². The molecule has 2 aromatic heterocycles. The minimum Gasteiger partial charge on any atom is -0.384 e. The molecular weight excluding hydrogens is 384 g/mol. The second-order valence-electron chi connectivity index (χ2n) is 8.78. The first-order valence-corrected chi connectivity index (χ1v) is 10.9. The molecule has 1 unspecified atom stereocenters. The van der Waals surface area contributed by atoms with E-state index in [0.717, 1.165) is 49.4 Å². The summed E-state index contributed by atoms with van der Waals surface area (Å²) < 4.78 is 0. The summed E-state index contributed by atoms with van der Waals surface area (Å²) in [5.74, 6) is 1.37. The number of nitrogens with zero attached hydrogens (tertiary/aromatic N) is 3. The number of rotatable bonds is 3. The van der Waals surface area contributed by atoms with Crippen LogP contribution in [0.15, 0.2) is 48.5 Å². The molecule has 4 aromatic rings. The quantitative estimate of drug-likeness (QED) is 0.473. The Balaban J connectivity index is 1.23. The molecule has 2 aliphatic heterocycles. The Labute approximate surface area is 181 Å². The summed E-state index contributed by atoms with van der Waals surface area (Å²) in [4.78, 5) is 14.7. The van der Waals surface area contributed by atoms with Gasteiger partial charge >= 0.3 is 0 Å². The predicted molar refractivity (Wildman–Crippen MR) is 124 cm³/mol. The largest absolute Gasteiger partial charge is 0.384 e. The summed E-state index contributed by atoms with van der Waals surface area (Å²) >= 11 is 0. The van der Waals surface area contributed by atoms with E-state index in [2.05, 4.69) is 67.6 Å². The molecule has 2 aliphatic rings. The number of benzene rings is 2. The van der Waals surface area contributed by atoms with Crippen LogP contribution in [0.4, 0.5) is 11.5 Å². The maximum atomic E-state index is 6.07. The number of H-pyrrole nitrogens is 1. The van der Waals surface area contributed by atoms with Gasteiger partial charge in [0.1, 0.15) is 11.6 Å². The highest BCUT2D eigenvalue weighted by Crippen LogP contribution is 2.37. The number of hydrogen-bond donors (Lipinski definition) is 3. The zero-order valence-corrected chi connectivity index (χ0v) is 17.7. The Bertz CT molecular complexity index is 1290. The minimum atomic E-state index is 0.166. The van der Waals surface area contributed by atoms with Crippen LogP contribution in [0.2, 0.25) is 0 Å². The molecule has 1 atom stereocenters. The van der Waals surface area contributed by atoms with Gasteiger partial charge in [0.05, 0.1) is 11.6 Å². The number of aromatic amines is 1. The van der Waals surface area contributed by atoms with Crippen LogP contribution in [-0.4, -0.2) is 26.4 Å². The predicted octanol–water partition coefficient (Wildman–Crippen LogP) is 4.12. The van der Waals surface area contributed by atoms with E-state index in [0.29, 0.717) is 11.5 Å². The Morgan fingerprint density at radius 2 is 1.94 bits per heavy atom. The third kappa shape index (κ3) is 3.33. The van der Waals surface area contributed by atoms with Crippen LogP contribution in [0.1, 0.15) is 39.7 Å². The van der Waals surface area contributed by atoms with Crippen LogP contribution in [0.5, 0.6) is 0 Å². The molecular formula is C25H26N6. The van der Waals surface area contributed by atoms with Crippen LogP contribution in [-0.2, 0) is 25.9 Å². The summed E-state index contributed by atoms with van der Waals surface area (Å²) in [5, 5.41) is 3.68. The maximum Gasteiger partial charge on any atom is 0.180 e. The van der Waals surface area contributed by atoms with Gasteiger partial charge in [-0.05, 0) is 54.2 Å². The number of anilines is 2. The maximum absolute atomic E-state index is 6.07. The fourth-order valence-electron chi connectivity index (χ4n) is 5.07. The molecule has 0 bridgehead atoms. The van der Waals surface area contributed by atoms with Crippen molar-refractivity contribution in [1.82, 2.24) is 19.9 Å². The lowest BCUT2D eigenvalue weighted by atomic mass is 9.98. The lowest BCUT2D eigenvalue weighted by Gasteiger charge is -2.28. The first-order chi connectivity index (χ1) is 15.1. The zero-order chi connectivity index (χ0) is 20.9. The molecule has 2 aromatic carbocycles. The number of aromatic nitrogens is 3. The molecule has 0 radical (unpaired) electrons. The Morgan fingerprint density at radius 3 is 2.84 bits per heavy atom. The molecule has 0 aliphatic carbocycles. The second-order valence-corrected chi connectivity index (χ2v) is 8.78. The van der Waals surface area contributed by atoms with Crippen molar-refractivity contribution in [2.75, 3.05) is 17.6 Å². The van der Waals surface area contributed by atoms with E-state index >= 15 is 0 Å². The van der Waals surface area contributed by atoms with Gasteiger partial charge in [-0.3, -0.25) is 4.90 Å². The van der Waals surface area contributed by atoms with Crippen molar-refractivity contribution in [2.24, 2.45) is 0 Å². The first kappa shape index (κ1) is 18.4. The number of pyridine rings is 1. The third-order valence-corrected chi connectivity index (χ3v) is 6.54. The molecule has 4 heterocycles. The zero-order valence-electron chi connectivity index (χ0n) is 17.7. The van der Waals surface area contributed by atoms with Crippen molar-refractivity contribution in [2.45, 2.75) is 38.9 Å². The van der Waals surface area contributed by atoms with Crippen molar-refractivity contribution < 1.29 is 0 Å². The lowest BCUT2D eigenvalue weighted by molar-refractivity contribution is 0.245. The highest BCUT2D eigenvalue weighted by Gasteiger charge is 2.26. The van der Waals surface area contributed by atoms with Gasteiger partial charge in [-0.15, -0.1) is 0 Å². The number of hydrogen-bond acceptors (Lipinski definition) is 5. The van der Waals surface area contributed by atoms with E-state index in [4.69, 9.17) is 5.73 Å². The number of nitrogens with one attached hydrogen (secondary N) is 2. The fourth-order valence-corrected chi connectivity index (χ4v) is 5.07. The average molecular weight is 411 g/mol. The molecule has 0 amide bonds. The van der Waals surface area contributed by atoms with Gasteiger partial charge in [-0.25, -0.2) is 9.97 Å². The number of nitrogen functional groups attached to an aromatic ring is 1. The van der Waals surface area contributed by atoms with E-state index in [1.54, 1.807) is 0 Å². The van der Waals surface area contributed by atoms with E-state index in [-0.39, 0.29) is 6.04 Å². The molecule has 0 saturated heterocycles. The molecule has 6 nitrogen and oxygen atoms in total. The summed E-state index contributed by atoms with van der Waals surface area (Å²) in [6, 6.07) is 17.8. The standard InChI is InChI=1S/C25H26N6/c1-15-27-24-20(12-23(26)30-25(24)28-15)22-11-19-10-16(6-7-21(19)29-22)13-31-9-8-17-4-2-3-5-18(17)14-31/h2-7,10,12,22,29H,8-9,11,13-14H2,1H3,(H3,26,27,28,30). The second kappa shape index (κ2) is 7.10. The Morgan fingerprint density at radius 1 is 1.06 bits per heavy atom. The monoisotopic (exact) mass is 410 g/mol. The van der Waals surface area contributed by atoms with Crippen molar-refractivity contribution in [1.29, 1.82) is 0 Å². The summed E-state index contributed by atoms with van der Waals surface area (Å²) in [7, 11) is 0. The summed E-state index contributed by atoms with van der Waals surface area (Å²) in [5.41, 5.74) is 15.8. The highest BCUT2D eigenvalue weighted by molar-refractivity contribution is 5.79. The summed E-state index contributed by atoms with van der Waals surface area (Å²) in [6.45, 7) is 5.08. The average Bonchev–Trinajstić information content (AvgIpc) is 3.35. The molecule has 31 heavy (non-hydrogen) atoms. The Kier molecular flexibility index (Phi) is 4.21. The van der Waals surface area contributed by atoms with Gasteiger partial charge in [-0.1, -0.05) is 36.4 Å². The van der Waals surface area contributed by atoms with E-state index < -0.39 is 0 Å². The SMILES string of the molecule is Cc1nc2nc(N)cc(C3Cc4cc(CN5CCc6ccccc6C5)ccc4N3)c2[nH]1. The van der Waals surface area contributed by atoms with Gasteiger partial charge in [0.15, 0.2) is 5.65 Å². The van der Waals surface area contributed by atoms with Gasteiger partial charge in [0.2, 0.25) is 0 Å². The van der Waals surface area contributed by atoms with E-state index in [1.165, 1.54) is 27.9 Å². The normalized spacial score (nSPS) is 18.0. The third-order valence-electron chi connectivity index (χ3n) is 6.54. The number of fused-ring (bicyclic) bond motifs is 3. The van der Waals surface area contributed by atoms with Crippen molar-refractivity contribution >= 4 is 22.7 Å². The molecule has 6 heteroatoms. The highest BCUT2D eigenvalue weighted by atomic mass is 15.1. The Hall–Kier alpha value is -3.38. The van der Waals surface area contributed by atoms with Gasteiger partial charge in [-0.2, -0.15) is 0 Å². The first-order valence-electron chi connectivity index (χ1n) is 10.9. The molecule has 156 valence electrons. The van der Waals surface area contributed by atoms with Crippen molar-refractivity contribution in [3.63, 3.8) is 0 Å². The van der Waals surface area contributed by atoms with Crippen molar-refractivity contribution in [3.8, 4) is 0 Å². The van der Waals surface area contributed by atoms with Crippen molar-refractivity contribution in [3.05, 3.63) is 82.2 Å². The number of imidazole rings is 1. The van der Waals surface area contributed by atoms with Gasteiger partial charge in [0, 0.05) is 30.9 Å². The minimum absolute atomic E-state index is 0.166. The number of nitrogens with two attached hydrogens (primary N) is 1. The van der Waals surface area contributed by atoms with Gasteiger partial charge in [0.25, 0.3) is 0 Å². The van der Waals surface area contributed by atoms with Crippen LogP contribution in [0.25, 0.3) is 11.2 Å². The summed E-state index contributed by atoms with van der Waals surface area (Å²) in [6.07, 6.45) is 2.07. The smallest absolute Gasteiger partial charge is 0.180 e. The molecule has 0 saturated carbocycles. The van der Waals surface area contributed by atoms with E-state index in [1.807, 2.05) is 13.0 Å². The van der Waals surface area contributed by atoms with Crippen LogP contribution in [0, 0.1) is 6.92 Å². The van der Waals surface area contributed by atoms with Crippen LogP contribution in [0.3, 0.4) is 0 Å². The lowest BCUT2D eigenvalue weighted by Crippen LogP contribution is -2.29. The number of aryl methyl sites for hydroxylation is 1. The van der Waals surface area contributed by atoms with Crippen LogP contribution < -0.4 is 11.1 Å². The molecule has 0 fully saturated rings.